The fraction of sp³-hybridized carbons (Fsp3) is 0.714. The van der Waals surface area contributed by atoms with E-state index in [1.165, 1.54) is 6.42 Å². The molecule has 0 aromatic rings. The van der Waals surface area contributed by atoms with Crippen LogP contribution in [0.5, 0.6) is 0 Å². The highest BCUT2D eigenvalue weighted by atomic mass is 16.4. The molecule has 4 heteroatoms. The van der Waals surface area contributed by atoms with E-state index in [1.807, 2.05) is 6.92 Å². The molecule has 1 aliphatic carbocycles. The van der Waals surface area contributed by atoms with Crippen LogP contribution in [0.3, 0.4) is 0 Å². The molecular formula is C14H23NO3. The smallest absolute Gasteiger partial charge is 0.329 e. The van der Waals surface area contributed by atoms with Crippen molar-refractivity contribution < 1.29 is 14.7 Å². The van der Waals surface area contributed by atoms with Crippen LogP contribution in [0.25, 0.3) is 0 Å². The van der Waals surface area contributed by atoms with Crippen LogP contribution in [0.15, 0.2) is 11.6 Å². The molecule has 0 heterocycles. The van der Waals surface area contributed by atoms with Crippen LogP contribution in [0.2, 0.25) is 0 Å². The van der Waals surface area contributed by atoms with E-state index >= 15 is 0 Å². The van der Waals surface area contributed by atoms with Gasteiger partial charge in [0.15, 0.2) is 0 Å². The Kier molecular flexibility index (Phi) is 5.38. The van der Waals surface area contributed by atoms with Crippen molar-refractivity contribution in [3.63, 3.8) is 0 Å². The fourth-order valence-electron chi connectivity index (χ4n) is 2.35. The van der Waals surface area contributed by atoms with E-state index in [2.05, 4.69) is 11.4 Å². The van der Waals surface area contributed by atoms with Gasteiger partial charge < -0.3 is 10.4 Å². The summed E-state index contributed by atoms with van der Waals surface area (Å²) in [5.41, 5.74) is 0.00382. The average molecular weight is 253 g/mol. The van der Waals surface area contributed by atoms with Crippen LogP contribution >= 0.6 is 0 Å². The van der Waals surface area contributed by atoms with Gasteiger partial charge in [-0.2, -0.15) is 0 Å². The van der Waals surface area contributed by atoms with Crippen molar-refractivity contribution in [2.45, 2.75) is 64.3 Å². The van der Waals surface area contributed by atoms with Crippen molar-refractivity contribution in [2.24, 2.45) is 0 Å². The highest BCUT2D eigenvalue weighted by Gasteiger charge is 2.33. The first-order valence-electron chi connectivity index (χ1n) is 6.70. The van der Waals surface area contributed by atoms with Crippen molar-refractivity contribution in [3.05, 3.63) is 11.6 Å². The first-order chi connectivity index (χ1) is 8.48. The Morgan fingerprint density at radius 3 is 2.67 bits per heavy atom. The molecule has 0 aromatic heterocycles. The second kappa shape index (κ2) is 6.57. The van der Waals surface area contributed by atoms with Gasteiger partial charge in [0, 0.05) is 6.42 Å². The Morgan fingerprint density at radius 2 is 2.17 bits per heavy atom. The fourth-order valence-corrected chi connectivity index (χ4v) is 2.35. The van der Waals surface area contributed by atoms with Crippen LogP contribution in [-0.4, -0.2) is 22.5 Å². The van der Waals surface area contributed by atoms with Crippen molar-refractivity contribution in [1.29, 1.82) is 0 Å². The number of aliphatic carboxylic acids is 1. The number of carboxylic acid groups (broad SMARTS) is 1. The van der Waals surface area contributed by atoms with Crippen LogP contribution in [0.4, 0.5) is 0 Å². The quantitative estimate of drug-likeness (QED) is 0.715. The van der Waals surface area contributed by atoms with Crippen LogP contribution in [-0.2, 0) is 9.59 Å². The molecule has 102 valence electrons. The van der Waals surface area contributed by atoms with E-state index in [4.69, 9.17) is 0 Å². The Bertz CT molecular complexity index is 349. The number of rotatable bonds is 6. The summed E-state index contributed by atoms with van der Waals surface area (Å²) in [6.07, 6.45) is 7.95. The minimum absolute atomic E-state index is 0.179. The number of amides is 1. The van der Waals surface area contributed by atoms with E-state index in [0.717, 1.165) is 31.3 Å². The molecule has 4 nitrogen and oxygen atoms in total. The van der Waals surface area contributed by atoms with Crippen molar-refractivity contribution in [3.8, 4) is 0 Å². The molecule has 1 unspecified atom stereocenters. The highest BCUT2D eigenvalue weighted by molar-refractivity contribution is 5.87. The van der Waals surface area contributed by atoms with Gasteiger partial charge in [0.2, 0.25) is 5.91 Å². The molecule has 0 saturated heterocycles. The molecule has 0 aromatic carbocycles. The van der Waals surface area contributed by atoms with Crippen LogP contribution < -0.4 is 5.32 Å². The number of hydrogen-bond acceptors (Lipinski definition) is 2. The summed E-state index contributed by atoms with van der Waals surface area (Å²) in [6.45, 7) is 3.49. The largest absolute Gasteiger partial charge is 0.480 e. The average Bonchev–Trinajstić information content (AvgIpc) is 2.30. The lowest BCUT2D eigenvalue weighted by Gasteiger charge is -2.26. The molecule has 1 rings (SSSR count). The Labute approximate surface area is 108 Å². The Hall–Kier alpha value is -1.32. The third-order valence-corrected chi connectivity index (χ3v) is 3.41. The molecule has 0 saturated carbocycles. The maximum absolute atomic E-state index is 11.9. The zero-order chi connectivity index (χ0) is 13.6. The molecule has 0 fully saturated rings. The Morgan fingerprint density at radius 1 is 1.44 bits per heavy atom. The summed E-state index contributed by atoms with van der Waals surface area (Å²) >= 11 is 0. The van der Waals surface area contributed by atoms with Crippen molar-refractivity contribution in [1.82, 2.24) is 5.32 Å². The molecule has 0 aliphatic heterocycles. The minimum atomic E-state index is -1.14. The zero-order valence-electron chi connectivity index (χ0n) is 11.3. The van der Waals surface area contributed by atoms with Gasteiger partial charge >= 0.3 is 5.97 Å². The first-order valence-corrected chi connectivity index (χ1v) is 6.70. The minimum Gasteiger partial charge on any atom is -0.480 e. The second-order valence-corrected chi connectivity index (χ2v) is 5.22. The van der Waals surface area contributed by atoms with Gasteiger partial charge in [-0.15, -0.1) is 0 Å². The molecule has 1 aliphatic rings. The summed E-state index contributed by atoms with van der Waals surface area (Å²) < 4.78 is 0. The van der Waals surface area contributed by atoms with Gasteiger partial charge in [0.25, 0.3) is 0 Å². The third-order valence-electron chi connectivity index (χ3n) is 3.41. The SMILES string of the molecule is CCCC(C)(NC(=O)CC1=CCCCC1)C(=O)O. The lowest BCUT2D eigenvalue weighted by molar-refractivity contribution is -0.147. The number of allylic oxidation sites excluding steroid dienone is 1. The summed E-state index contributed by atoms with van der Waals surface area (Å²) in [4.78, 5) is 23.1. The predicted molar refractivity (Wildman–Crippen MR) is 70.3 cm³/mol. The molecule has 0 radical (unpaired) electrons. The summed E-state index contributed by atoms with van der Waals surface area (Å²) in [6, 6.07) is 0. The summed E-state index contributed by atoms with van der Waals surface area (Å²) in [5, 5.41) is 11.9. The first kappa shape index (κ1) is 14.7. The van der Waals surface area contributed by atoms with Gasteiger partial charge in [0.05, 0.1) is 0 Å². The lowest BCUT2D eigenvalue weighted by atomic mass is 9.94. The highest BCUT2D eigenvalue weighted by Crippen LogP contribution is 2.21. The molecule has 18 heavy (non-hydrogen) atoms. The summed E-state index contributed by atoms with van der Waals surface area (Å²) in [5.74, 6) is -1.14. The maximum Gasteiger partial charge on any atom is 0.329 e. The molecular weight excluding hydrogens is 230 g/mol. The molecule has 2 N–H and O–H groups in total. The van der Waals surface area contributed by atoms with Gasteiger partial charge in [-0.25, -0.2) is 4.79 Å². The van der Waals surface area contributed by atoms with Crippen molar-refractivity contribution in [2.75, 3.05) is 0 Å². The molecule has 1 amide bonds. The normalized spacial score (nSPS) is 18.7. The third kappa shape index (κ3) is 4.17. The van der Waals surface area contributed by atoms with E-state index in [9.17, 15) is 14.7 Å². The topological polar surface area (TPSA) is 66.4 Å². The zero-order valence-corrected chi connectivity index (χ0v) is 11.3. The number of carbonyl (C=O) groups is 2. The molecule has 1 atom stereocenters. The van der Waals surface area contributed by atoms with Gasteiger partial charge in [-0.3, -0.25) is 4.79 Å². The van der Waals surface area contributed by atoms with E-state index in [1.54, 1.807) is 6.92 Å². The predicted octanol–water partition coefficient (Wildman–Crippen LogP) is 2.64. The Balaban J connectivity index is 2.56. The van der Waals surface area contributed by atoms with Crippen LogP contribution in [0, 0.1) is 0 Å². The summed E-state index contributed by atoms with van der Waals surface area (Å²) in [7, 11) is 0. The lowest BCUT2D eigenvalue weighted by Crippen LogP contribution is -2.52. The van der Waals surface area contributed by atoms with Gasteiger partial charge in [-0.05, 0) is 39.0 Å². The number of hydrogen-bond donors (Lipinski definition) is 2. The molecule has 0 spiro atoms. The van der Waals surface area contributed by atoms with E-state index in [-0.39, 0.29) is 5.91 Å². The van der Waals surface area contributed by atoms with Gasteiger partial charge in [0.1, 0.15) is 5.54 Å². The number of carbonyl (C=O) groups excluding carboxylic acids is 1. The number of nitrogens with one attached hydrogen (secondary N) is 1. The van der Waals surface area contributed by atoms with Crippen molar-refractivity contribution >= 4 is 11.9 Å². The maximum atomic E-state index is 11.9. The van der Waals surface area contributed by atoms with E-state index < -0.39 is 11.5 Å². The monoisotopic (exact) mass is 253 g/mol. The van der Waals surface area contributed by atoms with Gasteiger partial charge in [-0.1, -0.05) is 25.0 Å². The number of carboxylic acids is 1. The van der Waals surface area contributed by atoms with E-state index in [0.29, 0.717) is 12.8 Å². The second-order valence-electron chi connectivity index (χ2n) is 5.22. The standard InChI is InChI=1S/C14H23NO3/c1-3-9-14(2,13(17)18)15-12(16)10-11-7-5-4-6-8-11/h7H,3-6,8-10H2,1-2H3,(H,15,16)(H,17,18). The molecule has 0 bridgehead atoms. The van der Waals surface area contributed by atoms with Crippen LogP contribution in [0.1, 0.15) is 58.8 Å².